The van der Waals surface area contributed by atoms with E-state index in [-0.39, 0.29) is 12.2 Å². The number of hydrogen-bond donors (Lipinski definition) is 0. The molecule has 0 aliphatic heterocycles. The molecule has 1 aromatic carbocycles. The first-order chi connectivity index (χ1) is 8.66. The van der Waals surface area contributed by atoms with E-state index in [1.165, 1.54) is 18.1 Å². The highest BCUT2D eigenvalue weighted by Gasteiger charge is 2.14. The molecule has 1 aromatic rings. The second-order valence-corrected chi connectivity index (χ2v) is 5.11. The van der Waals surface area contributed by atoms with Crippen LogP contribution in [0.25, 0.3) is 0 Å². The van der Waals surface area contributed by atoms with Crippen molar-refractivity contribution in [3.05, 3.63) is 46.3 Å². The van der Waals surface area contributed by atoms with Crippen LogP contribution in [0.3, 0.4) is 0 Å². The Morgan fingerprint density at radius 2 is 2.11 bits per heavy atom. The fraction of sp³-hybridized carbons (Fsp3) is 0.400. The van der Waals surface area contributed by atoms with E-state index < -0.39 is 5.82 Å². The summed E-state index contributed by atoms with van der Waals surface area (Å²) in [5.41, 5.74) is 1.51. The molecule has 0 N–H and O–H groups in total. The lowest BCUT2D eigenvalue weighted by atomic mass is 9.94. The van der Waals surface area contributed by atoms with Gasteiger partial charge in [-0.05, 0) is 37.8 Å². The molecular weight excluding hydrogens is 251 g/mol. The molecule has 1 nitrogen and oxygen atoms in total. The lowest BCUT2D eigenvalue weighted by Crippen LogP contribution is -2.07. The average molecular weight is 267 g/mol. The summed E-state index contributed by atoms with van der Waals surface area (Å²) in [5, 5.41) is 0.334. The van der Waals surface area contributed by atoms with Gasteiger partial charge in [0, 0.05) is 23.4 Å². The maximum Gasteiger partial charge on any atom is 0.141 e. The van der Waals surface area contributed by atoms with Crippen molar-refractivity contribution in [2.45, 2.75) is 38.5 Å². The van der Waals surface area contributed by atoms with Crippen LogP contribution in [0.1, 0.15) is 37.7 Å². The SMILES string of the molecule is O=C(CC1=CCCCC1)Cc1c(F)cccc1Cl. The number of carbonyl (C=O) groups is 1. The van der Waals surface area contributed by atoms with E-state index in [0.29, 0.717) is 17.0 Å². The van der Waals surface area contributed by atoms with Gasteiger partial charge in [0.05, 0.1) is 0 Å². The van der Waals surface area contributed by atoms with Crippen LogP contribution in [0.2, 0.25) is 5.02 Å². The number of halogens is 2. The van der Waals surface area contributed by atoms with Crippen LogP contribution in [0, 0.1) is 5.82 Å². The van der Waals surface area contributed by atoms with Crippen molar-refractivity contribution < 1.29 is 9.18 Å². The van der Waals surface area contributed by atoms with Crippen LogP contribution >= 0.6 is 11.6 Å². The monoisotopic (exact) mass is 266 g/mol. The van der Waals surface area contributed by atoms with Crippen LogP contribution in [0.5, 0.6) is 0 Å². The molecule has 0 saturated heterocycles. The predicted octanol–water partition coefficient (Wildman–Crippen LogP) is 4.48. The van der Waals surface area contributed by atoms with Crippen molar-refractivity contribution in [1.29, 1.82) is 0 Å². The van der Waals surface area contributed by atoms with Crippen molar-refractivity contribution in [3.8, 4) is 0 Å². The molecule has 0 atom stereocenters. The van der Waals surface area contributed by atoms with Crippen LogP contribution in [0.4, 0.5) is 4.39 Å². The van der Waals surface area contributed by atoms with Gasteiger partial charge in [-0.25, -0.2) is 4.39 Å². The Morgan fingerprint density at radius 3 is 2.78 bits per heavy atom. The second-order valence-electron chi connectivity index (χ2n) is 4.70. The zero-order chi connectivity index (χ0) is 13.0. The maximum atomic E-state index is 13.5. The van der Waals surface area contributed by atoms with Crippen LogP contribution in [-0.4, -0.2) is 5.78 Å². The summed E-state index contributed by atoms with van der Waals surface area (Å²) in [5.74, 6) is -0.358. The zero-order valence-corrected chi connectivity index (χ0v) is 11.0. The normalized spacial score (nSPS) is 15.3. The fourth-order valence-corrected chi connectivity index (χ4v) is 2.51. The Morgan fingerprint density at radius 1 is 1.28 bits per heavy atom. The van der Waals surface area contributed by atoms with E-state index in [0.717, 1.165) is 19.3 Å². The molecule has 0 bridgehead atoms. The number of carbonyl (C=O) groups excluding carboxylic acids is 1. The highest BCUT2D eigenvalue weighted by molar-refractivity contribution is 6.31. The van der Waals surface area contributed by atoms with Gasteiger partial charge in [0.1, 0.15) is 11.6 Å². The highest BCUT2D eigenvalue weighted by Crippen LogP contribution is 2.23. The first kappa shape index (κ1) is 13.3. The number of benzene rings is 1. The zero-order valence-electron chi connectivity index (χ0n) is 10.2. The number of Topliss-reactive ketones (excluding diaryl/α,β-unsaturated/α-hetero) is 1. The Bertz CT molecular complexity index is 459. The molecule has 2 rings (SSSR count). The quantitative estimate of drug-likeness (QED) is 0.735. The average Bonchev–Trinajstić information content (AvgIpc) is 2.35. The lowest BCUT2D eigenvalue weighted by Gasteiger charge is -2.12. The predicted molar refractivity (Wildman–Crippen MR) is 71.3 cm³/mol. The number of ketones is 1. The van der Waals surface area contributed by atoms with Crippen LogP contribution in [0.15, 0.2) is 29.8 Å². The summed E-state index contributed by atoms with van der Waals surface area (Å²) >= 11 is 5.91. The van der Waals surface area contributed by atoms with Crippen molar-refractivity contribution in [1.82, 2.24) is 0 Å². The molecule has 0 amide bonds. The van der Waals surface area contributed by atoms with Gasteiger partial charge < -0.3 is 0 Å². The standard InChI is InChI=1S/C15H16ClFO/c16-14-7-4-8-15(17)13(14)10-12(18)9-11-5-2-1-3-6-11/h4-5,7-8H,1-3,6,9-10H2. The third-order valence-corrected chi connectivity index (χ3v) is 3.60. The van der Waals surface area contributed by atoms with Gasteiger partial charge in [-0.1, -0.05) is 29.3 Å². The largest absolute Gasteiger partial charge is 0.299 e. The lowest BCUT2D eigenvalue weighted by molar-refractivity contribution is -0.117. The minimum atomic E-state index is -0.395. The molecule has 0 spiro atoms. The molecule has 3 heteroatoms. The van der Waals surface area contributed by atoms with E-state index in [4.69, 9.17) is 11.6 Å². The van der Waals surface area contributed by atoms with E-state index in [1.807, 2.05) is 0 Å². The van der Waals surface area contributed by atoms with Crippen molar-refractivity contribution in [3.63, 3.8) is 0 Å². The van der Waals surface area contributed by atoms with E-state index in [2.05, 4.69) is 6.08 Å². The van der Waals surface area contributed by atoms with E-state index >= 15 is 0 Å². The molecule has 0 heterocycles. The molecule has 0 unspecified atom stereocenters. The van der Waals surface area contributed by atoms with Crippen LogP contribution in [-0.2, 0) is 11.2 Å². The number of allylic oxidation sites excluding steroid dienone is 2. The number of hydrogen-bond acceptors (Lipinski definition) is 1. The van der Waals surface area contributed by atoms with Crippen LogP contribution < -0.4 is 0 Å². The fourth-order valence-electron chi connectivity index (χ4n) is 2.28. The Balaban J connectivity index is 2.01. The van der Waals surface area contributed by atoms with Gasteiger partial charge in [0.2, 0.25) is 0 Å². The summed E-state index contributed by atoms with van der Waals surface area (Å²) in [6, 6.07) is 4.51. The Hall–Kier alpha value is -1.15. The van der Waals surface area contributed by atoms with Gasteiger partial charge in [0.15, 0.2) is 0 Å². The molecular formula is C15H16ClFO. The van der Waals surface area contributed by atoms with Gasteiger partial charge >= 0.3 is 0 Å². The Labute approximate surface area is 112 Å². The summed E-state index contributed by atoms with van der Waals surface area (Å²) in [4.78, 5) is 11.9. The summed E-state index contributed by atoms with van der Waals surface area (Å²) < 4.78 is 13.5. The topological polar surface area (TPSA) is 17.1 Å². The molecule has 0 saturated carbocycles. The molecule has 0 fully saturated rings. The summed E-state index contributed by atoms with van der Waals surface area (Å²) in [7, 11) is 0. The molecule has 0 aromatic heterocycles. The first-order valence-corrected chi connectivity index (χ1v) is 6.67. The molecule has 96 valence electrons. The maximum absolute atomic E-state index is 13.5. The molecule has 18 heavy (non-hydrogen) atoms. The third-order valence-electron chi connectivity index (χ3n) is 3.24. The minimum Gasteiger partial charge on any atom is -0.299 e. The summed E-state index contributed by atoms with van der Waals surface area (Å²) in [6.45, 7) is 0. The van der Waals surface area contributed by atoms with Crippen molar-refractivity contribution >= 4 is 17.4 Å². The van der Waals surface area contributed by atoms with E-state index in [9.17, 15) is 9.18 Å². The second kappa shape index (κ2) is 6.14. The minimum absolute atomic E-state index is 0.0372. The molecule has 1 aliphatic carbocycles. The van der Waals surface area contributed by atoms with Gasteiger partial charge in [-0.3, -0.25) is 4.79 Å². The summed E-state index contributed by atoms with van der Waals surface area (Å²) in [6.07, 6.45) is 7.08. The van der Waals surface area contributed by atoms with Gasteiger partial charge in [-0.15, -0.1) is 0 Å². The molecule has 0 radical (unpaired) electrons. The smallest absolute Gasteiger partial charge is 0.141 e. The molecule has 1 aliphatic rings. The van der Waals surface area contributed by atoms with Gasteiger partial charge in [-0.2, -0.15) is 0 Å². The first-order valence-electron chi connectivity index (χ1n) is 6.29. The third kappa shape index (κ3) is 3.42. The number of rotatable bonds is 4. The van der Waals surface area contributed by atoms with Crippen molar-refractivity contribution in [2.75, 3.05) is 0 Å². The highest BCUT2D eigenvalue weighted by atomic mass is 35.5. The van der Waals surface area contributed by atoms with E-state index in [1.54, 1.807) is 12.1 Å². The van der Waals surface area contributed by atoms with Gasteiger partial charge in [0.25, 0.3) is 0 Å². The van der Waals surface area contributed by atoms with Crippen molar-refractivity contribution in [2.24, 2.45) is 0 Å². The Kier molecular flexibility index (Phi) is 4.54.